The number of nitrogens with two attached hydrogens (primary N) is 1. The lowest BCUT2D eigenvalue weighted by Crippen LogP contribution is -2.02. The number of carboxylic acids is 1. The standard InChI is InChI=1S/C9H8N4O2/c10-7-5-13(12-8(7)9(14)15)6-1-3-11-4-2-6/h1-5H,10H2,(H,14,15). The van der Waals surface area contributed by atoms with Crippen LogP contribution < -0.4 is 5.73 Å². The van der Waals surface area contributed by atoms with E-state index in [4.69, 9.17) is 10.8 Å². The van der Waals surface area contributed by atoms with Crippen molar-refractivity contribution in [2.24, 2.45) is 0 Å². The Hall–Kier alpha value is -2.37. The lowest BCUT2D eigenvalue weighted by atomic mass is 10.4. The molecule has 0 radical (unpaired) electrons. The Morgan fingerprint density at radius 2 is 2.07 bits per heavy atom. The highest BCUT2D eigenvalue weighted by Gasteiger charge is 2.13. The van der Waals surface area contributed by atoms with Gasteiger partial charge in [0.1, 0.15) is 0 Å². The lowest BCUT2D eigenvalue weighted by Gasteiger charge is -1.97. The summed E-state index contributed by atoms with van der Waals surface area (Å²) >= 11 is 0. The molecular formula is C9H8N4O2. The summed E-state index contributed by atoms with van der Waals surface area (Å²) in [6.07, 6.45) is 4.64. The first-order chi connectivity index (χ1) is 7.18. The predicted molar refractivity (Wildman–Crippen MR) is 52.7 cm³/mol. The summed E-state index contributed by atoms with van der Waals surface area (Å²) in [5.74, 6) is -1.14. The maximum atomic E-state index is 10.7. The Balaban J connectivity index is 2.48. The van der Waals surface area contributed by atoms with E-state index in [9.17, 15) is 4.79 Å². The number of nitrogens with zero attached hydrogens (tertiary/aromatic N) is 3. The van der Waals surface area contributed by atoms with Crippen LogP contribution in [0.4, 0.5) is 5.69 Å². The number of aromatic nitrogens is 3. The van der Waals surface area contributed by atoms with Crippen LogP contribution in [0.5, 0.6) is 0 Å². The molecule has 0 aliphatic heterocycles. The smallest absolute Gasteiger partial charge is 0.358 e. The van der Waals surface area contributed by atoms with Crippen molar-refractivity contribution in [1.29, 1.82) is 0 Å². The highest BCUT2D eigenvalue weighted by molar-refractivity contribution is 5.91. The molecule has 76 valence electrons. The van der Waals surface area contributed by atoms with E-state index in [-0.39, 0.29) is 11.4 Å². The van der Waals surface area contributed by atoms with Crippen molar-refractivity contribution >= 4 is 11.7 Å². The number of carbonyl (C=O) groups is 1. The van der Waals surface area contributed by atoms with Crippen LogP contribution in [0.25, 0.3) is 5.69 Å². The molecule has 6 heteroatoms. The van der Waals surface area contributed by atoms with Crippen LogP contribution in [-0.2, 0) is 0 Å². The minimum absolute atomic E-state index is 0.138. The minimum Gasteiger partial charge on any atom is -0.476 e. The quantitative estimate of drug-likeness (QED) is 0.744. The van der Waals surface area contributed by atoms with Gasteiger partial charge in [-0.1, -0.05) is 0 Å². The molecule has 3 N–H and O–H groups in total. The zero-order valence-electron chi connectivity index (χ0n) is 7.66. The monoisotopic (exact) mass is 204 g/mol. The Labute approximate surface area is 85.0 Å². The fourth-order valence-corrected chi connectivity index (χ4v) is 1.18. The maximum absolute atomic E-state index is 10.7. The van der Waals surface area contributed by atoms with Crippen LogP contribution >= 0.6 is 0 Å². The number of aromatic carboxylic acids is 1. The summed E-state index contributed by atoms with van der Waals surface area (Å²) in [6, 6.07) is 3.41. The van der Waals surface area contributed by atoms with E-state index < -0.39 is 5.97 Å². The summed E-state index contributed by atoms with van der Waals surface area (Å²) in [5.41, 5.74) is 6.20. The van der Waals surface area contributed by atoms with Gasteiger partial charge >= 0.3 is 5.97 Å². The first kappa shape index (κ1) is 9.20. The number of pyridine rings is 1. The molecule has 0 unspecified atom stereocenters. The topological polar surface area (TPSA) is 94.0 Å². The van der Waals surface area contributed by atoms with Gasteiger partial charge in [0.05, 0.1) is 17.6 Å². The van der Waals surface area contributed by atoms with Crippen LogP contribution in [0.3, 0.4) is 0 Å². The van der Waals surface area contributed by atoms with E-state index in [1.54, 1.807) is 24.5 Å². The van der Waals surface area contributed by atoms with Crippen molar-refractivity contribution in [2.75, 3.05) is 5.73 Å². The summed E-state index contributed by atoms with van der Waals surface area (Å²) in [4.78, 5) is 14.5. The average Bonchev–Trinajstić information content (AvgIpc) is 2.62. The Morgan fingerprint density at radius 1 is 1.40 bits per heavy atom. The zero-order valence-corrected chi connectivity index (χ0v) is 7.66. The van der Waals surface area contributed by atoms with Crippen molar-refractivity contribution in [3.05, 3.63) is 36.4 Å². The molecule has 15 heavy (non-hydrogen) atoms. The van der Waals surface area contributed by atoms with Gasteiger partial charge in [-0.15, -0.1) is 0 Å². The zero-order chi connectivity index (χ0) is 10.8. The van der Waals surface area contributed by atoms with E-state index in [2.05, 4.69) is 10.1 Å². The van der Waals surface area contributed by atoms with Crippen LogP contribution in [-0.4, -0.2) is 25.8 Å². The molecule has 0 saturated heterocycles. The van der Waals surface area contributed by atoms with E-state index in [0.717, 1.165) is 0 Å². The van der Waals surface area contributed by atoms with Crippen LogP contribution in [0.15, 0.2) is 30.7 Å². The van der Waals surface area contributed by atoms with E-state index in [0.29, 0.717) is 5.69 Å². The molecule has 0 spiro atoms. The number of nitrogen functional groups attached to an aromatic ring is 1. The molecule has 2 aromatic rings. The summed E-state index contributed by atoms with van der Waals surface area (Å²) in [6.45, 7) is 0. The third kappa shape index (κ3) is 1.64. The predicted octanol–water partition coefficient (Wildman–Crippen LogP) is 0.548. The van der Waals surface area contributed by atoms with Gasteiger partial charge in [0.25, 0.3) is 0 Å². The Morgan fingerprint density at radius 3 is 2.60 bits per heavy atom. The molecule has 0 saturated carbocycles. The van der Waals surface area contributed by atoms with Crippen molar-refractivity contribution in [1.82, 2.24) is 14.8 Å². The fraction of sp³-hybridized carbons (Fsp3) is 0. The Bertz CT molecular complexity index is 492. The lowest BCUT2D eigenvalue weighted by molar-refractivity contribution is 0.0691. The van der Waals surface area contributed by atoms with Crippen molar-refractivity contribution in [2.45, 2.75) is 0 Å². The molecular weight excluding hydrogens is 196 g/mol. The molecule has 0 bridgehead atoms. The molecule has 6 nitrogen and oxygen atoms in total. The number of carboxylic acid groups (broad SMARTS) is 1. The molecule has 2 rings (SSSR count). The third-order valence-corrected chi connectivity index (χ3v) is 1.87. The maximum Gasteiger partial charge on any atom is 0.358 e. The second kappa shape index (κ2) is 3.41. The van der Waals surface area contributed by atoms with Crippen LogP contribution in [0.2, 0.25) is 0 Å². The Kier molecular flexibility index (Phi) is 2.09. The number of hydrogen-bond acceptors (Lipinski definition) is 4. The van der Waals surface area contributed by atoms with Crippen molar-refractivity contribution in [3.8, 4) is 5.69 Å². The number of rotatable bonds is 2. The first-order valence-corrected chi connectivity index (χ1v) is 4.17. The summed E-state index contributed by atoms with van der Waals surface area (Å²) in [5, 5.41) is 12.6. The van der Waals surface area contributed by atoms with Crippen LogP contribution in [0, 0.1) is 0 Å². The van der Waals surface area contributed by atoms with Crippen LogP contribution in [0.1, 0.15) is 10.5 Å². The van der Waals surface area contributed by atoms with Gasteiger partial charge < -0.3 is 10.8 Å². The van der Waals surface area contributed by atoms with Gasteiger partial charge in [-0.05, 0) is 12.1 Å². The molecule has 0 aromatic carbocycles. The first-order valence-electron chi connectivity index (χ1n) is 4.17. The van der Waals surface area contributed by atoms with E-state index >= 15 is 0 Å². The minimum atomic E-state index is -1.14. The van der Waals surface area contributed by atoms with Gasteiger partial charge in [0.2, 0.25) is 0 Å². The highest BCUT2D eigenvalue weighted by atomic mass is 16.4. The largest absolute Gasteiger partial charge is 0.476 e. The molecule has 2 aromatic heterocycles. The molecule has 0 aliphatic rings. The second-order valence-electron chi connectivity index (χ2n) is 2.89. The fourth-order valence-electron chi connectivity index (χ4n) is 1.18. The molecule has 0 aliphatic carbocycles. The average molecular weight is 204 g/mol. The van der Waals surface area contributed by atoms with Gasteiger partial charge in [-0.3, -0.25) is 4.98 Å². The van der Waals surface area contributed by atoms with Gasteiger partial charge in [-0.25, -0.2) is 9.48 Å². The van der Waals surface area contributed by atoms with Crippen molar-refractivity contribution < 1.29 is 9.90 Å². The van der Waals surface area contributed by atoms with Crippen molar-refractivity contribution in [3.63, 3.8) is 0 Å². The molecule has 2 heterocycles. The molecule has 0 atom stereocenters. The number of anilines is 1. The van der Waals surface area contributed by atoms with E-state index in [1.165, 1.54) is 10.9 Å². The van der Waals surface area contributed by atoms with Gasteiger partial charge in [-0.2, -0.15) is 5.10 Å². The SMILES string of the molecule is Nc1cn(-c2ccncc2)nc1C(=O)O. The summed E-state index contributed by atoms with van der Waals surface area (Å²) < 4.78 is 1.40. The second-order valence-corrected chi connectivity index (χ2v) is 2.89. The van der Waals surface area contributed by atoms with Gasteiger partial charge in [0, 0.05) is 12.4 Å². The molecule has 0 amide bonds. The van der Waals surface area contributed by atoms with Gasteiger partial charge in [0.15, 0.2) is 5.69 Å². The number of hydrogen-bond donors (Lipinski definition) is 2. The van der Waals surface area contributed by atoms with E-state index in [1.807, 2.05) is 0 Å². The summed E-state index contributed by atoms with van der Waals surface area (Å²) in [7, 11) is 0. The molecule has 0 fully saturated rings. The third-order valence-electron chi connectivity index (χ3n) is 1.87. The highest BCUT2D eigenvalue weighted by Crippen LogP contribution is 2.13. The normalized spacial score (nSPS) is 10.1.